The second-order valence-corrected chi connectivity index (χ2v) is 10.0. The molecule has 0 aliphatic carbocycles. The SMILES string of the molecule is C=CCCCC(CC)(CC(=O)OC)NC(=N[C@@H]1CCOc2ccc(C(=O)O)cc21)NC(=O)OC(C)(C)C. The van der Waals surface area contributed by atoms with Gasteiger partial charge in [0, 0.05) is 12.0 Å². The Morgan fingerprint density at radius 3 is 2.62 bits per heavy atom. The number of carbonyl (C=O) groups excluding carboxylic acids is 2. The maximum Gasteiger partial charge on any atom is 0.414 e. The van der Waals surface area contributed by atoms with Crippen LogP contribution in [0, 0.1) is 0 Å². The minimum atomic E-state index is -1.06. The monoisotopic (exact) mass is 517 g/mol. The summed E-state index contributed by atoms with van der Waals surface area (Å²) in [5, 5.41) is 15.5. The number of carboxylic acids is 1. The van der Waals surface area contributed by atoms with E-state index >= 15 is 0 Å². The summed E-state index contributed by atoms with van der Waals surface area (Å²) in [6.45, 7) is 11.3. The molecule has 204 valence electrons. The predicted octanol–water partition coefficient (Wildman–Crippen LogP) is 4.75. The lowest BCUT2D eigenvalue weighted by Gasteiger charge is -2.35. The molecule has 2 rings (SSSR count). The average Bonchev–Trinajstić information content (AvgIpc) is 2.82. The van der Waals surface area contributed by atoms with Crippen molar-refractivity contribution < 1.29 is 33.7 Å². The quantitative estimate of drug-likeness (QED) is 0.133. The van der Waals surface area contributed by atoms with Gasteiger partial charge < -0.3 is 24.6 Å². The van der Waals surface area contributed by atoms with E-state index in [-0.39, 0.29) is 17.9 Å². The molecule has 10 nitrogen and oxygen atoms in total. The summed E-state index contributed by atoms with van der Waals surface area (Å²) in [5.41, 5.74) is -0.800. The van der Waals surface area contributed by atoms with Gasteiger partial charge in [0.25, 0.3) is 0 Å². The summed E-state index contributed by atoms with van der Waals surface area (Å²) in [6.07, 6.45) is 4.26. The lowest BCUT2D eigenvalue weighted by atomic mass is 9.86. The van der Waals surface area contributed by atoms with Gasteiger partial charge >= 0.3 is 18.0 Å². The van der Waals surface area contributed by atoms with Gasteiger partial charge in [-0.05, 0) is 64.7 Å². The van der Waals surface area contributed by atoms with Crippen molar-refractivity contribution in [2.45, 2.75) is 83.4 Å². The molecule has 2 atom stereocenters. The lowest BCUT2D eigenvalue weighted by Crippen LogP contribution is -2.55. The van der Waals surface area contributed by atoms with E-state index in [1.165, 1.54) is 19.2 Å². The number of guanidine groups is 1. The molecule has 0 radical (unpaired) electrons. The Morgan fingerprint density at radius 1 is 1.30 bits per heavy atom. The Morgan fingerprint density at radius 2 is 2.03 bits per heavy atom. The number of ether oxygens (including phenoxy) is 3. The van der Waals surface area contributed by atoms with E-state index in [0.717, 1.165) is 12.8 Å². The zero-order chi connectivity index (χ0) is 27.6. The normalized spacial score (nSPS) is 16.9. The summed E-state index contributed by atoms with van der Waals surface area (Å²) in [6, 6.07) is 4.12. The molecule has 0 fully saturated rings. The third kappa shape index (κ3) is 9.11. The molecule has 1 aliphatic rings. The van der Waals surface area contributed by atoms with Crippen LogP contribution in [0.1, 0.15) is 88.2 Å². The maximum atomic E-state index is 12.8. The Labute approximate surface area is 218 Å². The highest BCUT2D eigenvalue weighted by Crippen LogP contribution is 2.35. The highest BCUT2D eigenvalue weighted by Gasteiger charge is 2.34. The number of rotatable bonds is 10. The first kappa shape index (κ1) is 29.7. The Kier molecular flexibility index (Phi) is 10.5. The minimum Gasteiger partial charge on any atom is -0.493 e. The molecule has 0 bridgehead atoms. The highest BCUT2D eigenvalue weighted by atomic mass is 16.6. The van der Waals surface area contributed by atoms with Crippen molar-refractivity contribution in [2.24, 2.45) is 4.99 Å². The number of benzene rings is 1. The number of carbonyl (C=O) groups is 3. The summed E-state index contributed by atoms with van der Waals surface area (Å²) in [7, 11) is 1.33. The molecule has 0 saturated carbocycles. The molecule has 3 N–H and O–H groups in total. The van der Waals surface area contributed by atoms with Crippen LogP contribution in [-0.4, -0.2) is 54.0 Å². The van der Waals surface area contributed by atoms with Crippen LogP contribution in [0.2, 0.25) is 0 Å². The molecule has 1 aromatic rings. The number of nitrogens with zero attached hydrogens (tertiary/aromatic N) is 1. The van der Waals surface area contributed by atoms with Crippen molar-refractivity contribution in [3.8, 4) is 5.75 Å². The fourth-order valence-electron chi connectivity index (χ4n) is 4.07. The molecule has 0 saturated heterocycles. The fourth-order valence-corrected chi connectivity index (χ4v) is 4.07. The molecular weight excluding hydrogens is 478 g/mol. The molecule has 37 heavy (non-hydrogen) atoms. The van der Waals surface area contributed by atoms with Crippen molar-refractivity contribution in [1.29, 1.82) is 0 Å². The number of nitrogens with one attached hydrogen (secondary N) is 2. The number of amides is 1. The number of alkyl carbamates (subject to hydrolysis) is 1. The molecular formula is C27H39N3O7. The molecule has 1 aliphatic heterocycles. The number of hydrogen-bond donors (Lipinski definition) is 3. The minimum absolute atomic E-state index is 0.0552. The first-order chi connectivity index (χ1) is 17.4. The molecule has 1 unspecified atom stereocenters. The Bertz CT molecular complexity index is 1020. The van der Waals surface area contributed by atoms with Gasteiger partial charge in [-0.25, -0.2) is 14.6 Å². The van der Waals surface area contributed by atoms with E-state index in [4.69, 9.17) is 19.2 Å². The zero-order valence-corrected chi connectivity index (χ0v) is 22.4. The number of aliphatic imine (C=N–C) groups is 1. The van der Waals surface area contributed by atoms with E-state index in [1.54, 1.807) is 26.8 Å². The van der Waals surface area contributed by atoms with Crippen LogP contribution < -0.4 is 15.4 Å². The van der Waals surface area contributed by atoms with Crippen LogP contribution >= 0.6 is 0 Å². The van der Waals surface area contributed by atoms with Crippen molar-refractivity contribution in [1.82, 2.24) is 10.6 Å². The van der Waals surface area contributed by atoms with Gasteiger partial charge in [0.1, 0.15) is 11.4 Å². The van der Waals surface area contributed by atoms with Crippen LogP contribution in [0.5, 0.6) is 5.75 Å². The molecule has 0 aromatic heterocycles. The van der Waals surface area contributed by atoms with E-state index < -0.39 is 35.2 Å². The standard InChI is InChI=1S/C27H39N3O7/c1-7-9-10-14-27(8-2,17-22(31)35-6)30-24(29-25(34)37-26(3,4)5)28-20-13-15-36-21-12-11-18(23(32)33)16-19(20)21/h7,11-12,16,20H,1,8-10,13-15,17H2,2-6H3,(H,32,33)(H2,28,29,30,34)/t20-,27?/m1/s1. The number of hydrogen-bond acceptors (Lipinski definition) is 7. The summed E-state index contributed by atoms with van der Waals surface area (Å²) in [4.78, 5) is 41.5. The van der Waals surface area contributed by atoms with Gasteiger partial charge in [-0.1, -0.05) is 13.0 Å². The van der Waals surface area contributed by atoms with Crippen molar-refractivity contribution >= 4 is 24.0 Å². The Balaban J connectivity index is 2.51. The highest BCUT2D eigenvalue weighted by molar-refractivity contribution is 5.95. The molecule has 1 heterocycles. The lowest BCUT2D eigenvalue weighted by molar-refractivity contribution is -0.142. The van der Waals surface area contributed by atoms with Crippen LogP contribution in [0.4, 0.5) is 4.79 Å². The van der Waals surface area contributed by atoms with Crippen molar-refractivity contribution in [3.63, 3.8) is 0 Å². The second-order valence-electron chi connectivity index (χ2n) is 10.0. The zero-order valence-electron chi connectivity index (χ0n) is 22.4. The number of esters is 1. The molecule has 1 amide bonds. The van der Waals surface area contributed by atoms with E-state index in [0.29, 0.717) is 37.2 Å². The van der Waals surface area contributed by atoms with Crippen LogP contribution in [0.15, 0.2) is 35.8 Å². The maximum absolute atomic E-state index is 12.8. The van der Waals surface area contributed by atoms with Gasteiger partial charge in [-0.15, -0.1) is 6.58 Å². The molecule has 1 aromatic carbocycles. The summed E-state index contributed by atoms with van der Waals surface area (Å²) in [5.74, 6) is -0.806. The first-order valence-corrected chi connectivity index (χ1v) is 12.5. The number of methoxy groups -OCH3 is 1. The van der Waals surface area contributed by atoms with E-state index in [9.17, 15) is 19.5 Å². The first-order valence-electron chi connectivity index (χ1n) is 12.5. The second kappa shape index (κ2) is 13.1. The summed E-state index contributed by atoms with van der Waals surface area (Å²) < 4.78 is 16.1. The smallest absolute Gasteiger partial charge is 0.414 e. The van der Waals surface area contributed by atoms with Crippen molar-refractivity contribution in [2.75, 3.05) is 13.7 Å². The van der Waals surface area contributed by atoms with Crippen LogP contribution in [0.3, 0.4) is 0 Å². The topological polar surface area (TPSA) is 136 Å². The van der Waals surface area contributed by atoms with Gasteiger partial charge in [0.05, 0.1) is 37.3 Å². The van der Waals surface area contributed by atoms with Gasteiger partial charge in [-0.3, -0.25) is 10.1 Å². The van der Waals surface area contributed by atoms with Crippen molar-refractivity contribution in [3.05, 3.63) is 42.0 Å². The third-order valence-corrected chi connectivity index (χ3v) is 6.00. The van der Waals surface area contributed by atoms with Gasteiger partial charge in [0.15, 0.2) is 0 Å². The average molecular weight is 518 g/mol. The van der Waals surface area contributed by atoms with Gasteiger partial charge in [-0.2, -0.15) is 0 Å². The molecule has 0 spiro atoms. The van der Waals surface area contributed by atoms with E-state index in [1.807, 2.05) is 13.0 Å². The number of carboxylic acid groups (broad SMARTS) is 1. The summed E-state index contributed by atoms with van der Waals surface area (Å²) >= 11 is 0. The predicted molar refractivity (Wildman–Crippen MR) is 140 cm³/mol. The number of fused-ring (bicyclic) bond motifs is 1. The fraction of sp³-hybridized carbons (Fsp3) is 0.556. The van der Waals surface area contributed by atoms with Gasteiger partial charge in [0.2, 0.25) is 5.96 Å². The Hall–Kier alpha value is -3.56. The third-order valence-electron chi connectivity index (χ3n) is 6.00. The largest absolute Gasteiger partial charge is 0.493 e. The van der Waals surface area contributed by atoms with E-state index in [2.05, 4.69) is 17.2 Å². The van der Waals surface area contributed by atoms with Crippen LogP contribution in [-0.2, 0) is 14.3 Å². The number of allylic oxidation sites excluding steroid dienone is 1. The van der Waals surface area contributed by atoms with Crippen LogP contribution in [0.25, 0.3) is 0 Å². The molecule has 10 heteroatoms. The number of unbranched alkanes of at least 4 members (excludes halogenated alkanes) is 1. The number of aromatic carboxylic acids is 1.